The highest BCUT2D eigenvalue weighted by Crippen LogP contribution is 1.94. The van der Waals surface area contributed by atoms with Crippen molar-refractivity contribution >= 4 is 16.9 Å². The number of nitrogens with zero attached hydrogens (tertiary/aromatic N) is 1. The number of rotatable bonds is 1. The van der Waals surface area contributed by atoms with Crippen LogP contribution in [0.5, 0.6) is 0 Å². The third-order valence-corrected chi connectivity index (χ3v) is 1.81. The molecule has 5 nitrogen and oxygen atoms in total. The summed E-state index contributed by atoms with van der Waals surface area (Å²) in [4.78, 5) is 10.4. The second-order valence-corrected chi connectivity index (χ2v) is 2.55. The molecule has 0 aliphatic carbocycles. The Morgan fingerprint density at radius 2 is 2.22 bits per heavy atom. The number of hydrogen-bond donors (Lipinski definition) is 2. The molecule has 0 atom stereocenters. The minimum Gasteiger partial charge on any atom is -0.335 e. The lowest BCUT2D eigenvalue weighted by atomic mass is 10.7. The Labute approximate surface area is 53.7 Å². The Hall–Kier alpha value is -0.780. The van der Waals surface area contributed by atoms with Crippen molar-refractivity contribution in [2.45, 2.75) is 0 Å². The Balaban J connectivity index is 2.71. The molecule has 1 heterocycles. The van der Waals surface area contributed by atoms with Crippen LogP contribution in [0, 0.1) is 0 Å². The molecule has 0 aromatic rings. The summed E-state index contributed by atoms with van der Waals surface area (Å²) in [6.07, 6.45) is 0. The van der Waals surface area contributed by atoms with E-state index in [0.29, 0.717) is 6.54 Å². The van der Waals surface area contributed by atoms with Crippen molar-refractivity contribution in [2.24, 2.45) is 0 Å². The van der Waals surface area contributed by atoms with E-state index >= 15 is 0 Å². The molecule has 52 valence electrons. The fourth-order valence-electron chi connectivity index (χ4n) is 0.617. The monoisotopic (exact) mass is 150 g/mol. The van der Waals surface area contributed by atoms with E-state index in [1.165, 1.54) is 0 Å². The lowest BCUT2D eigenvalue weighted by Crippen LogP contribution is -2.26. The van der Waals surface area contributed by atoms with Crippen molar-refractivity contribution in [3.05, 3.63) is 0 Å². The zero-order valence-corrected chi connectivity index (χ0v) is 5.43. The first-order valence-electron chi connectivity index (χ1n) is 2.41. The maximum Gasteiger partial charge on any atom is 0.330 e. The topological polar surface area (TPSA) is 66.5 Å². The zero-order chi connectivity index (χ0) is 6.85. The van der Waals surface area contributed by atoms with Crippen LogP contribution in [-0.4, -0.2) is 31.8 Å². The smallest absolute Gasteiger partial charge is 0.330 e. The first-order valence-corrected chi connectivity index (χ1v) is 3.54. The van der Waals surface area contributed by atoms with Crippen molar-refractivity contribution in [1.82, 2.24) is 9.62 Å². The quantitative estimate of drug-likeness (QED) is 0.449. The first kappa shape index (κ1) is 6.34. The fraction of sp³-hybridized carbons (Fsp3) is 0.667. The molecule has 0 unspecified atom stereocenters. The molecule has 1 saturated heterocycles. The number of nitrogens with one attached hydrogen (secondary N) is 1. The van der Waals surface area contributed by atoms with E-state index < -0.39 is 16.9 Å². The number of carbonyl (C=O) groups is 1. The maximum absolute atomic E-state index is 10.4. The van der Waals surface area contributed by atoms with Crippen LogP contribution in [0.4, 0.5) is 4.79 Å². The van der Waals surface area contributed by atoms with Gasteiger partial charge >= 0.3 is 6.03 Å². The molecule has 0 saturated carbocycles. The summed E-state index contributed by atoms with van der Waals surface area (Å²) in [6, 6.07) is -0.522. The van der Waals surface area contributed by atoms with Crippen molar-refractivity contribution in [3.8, 4) is 0 Å². The number of hydrogen-bond acceptors (Lipinski definition) is 3. The lowest BCUT2D eigenvalue weighted by Gasteiger charge is -2.00. The highest BCUT2D eigenvalue weighted by Gasteiger charge is 2.20. The van der Waals surface area contributed by atoms with Gasteiger partial charge in [0.05, 0.1) is 6.54 Å². The van der Waals surface area contributed by atoms with Crippen LogP contribution < -0.4 is 5.32 Å². The molecule has 0 radical (unpaired) electrons. The number of amides is 2. The molecular weight excluding hydrogens is 144 g/mol. The highest BCUT2D eigenvalue weighted by molar-refractivity contribution is 7.70. The van der Waals surface area contributed by atoms with Gasteiger partial charge in [0.2, 0.25) is 10.9 Å². The molecule has 0 aromatic carbocycles. The molecule has 9 heavy (non-hydrogen) atoms. The minimum atomic E-state index is -2.72. The van der Waals surface area contributed by atoms with Crippen LogP contribution in [0.2, 0.25) is 0 Å². The van der Waals surface area contributed by atoms with Gasteiger partial charge in [0.25, 0.3) is 0 Å². The molecule has 1 aliphatic rings. The van der Waals surface area contributed by atoms with Gasteiger partial charge in [0, 0.05) is 6.54 Å². The molecule has 1 fully saturated rings. The van der Waals surface area contributed by atoms with E-state index in [4.69, 9.17) is 0 Å². The Morgan fingerprint density at radius 1 is 1.56 bits per heavy atom. The number of carbonyl (C=O) groups excluding carboxylic acids is 1. The highest BCUT2D eigenvalue weighted by atomic mass is 32.2. The summed E-state index contributed by atoms with van der Waals surface area (Å²) in [7, 11) is -2.72. The van der Waals surface area contributed by atoms with Gasteiger partial charge in [-0.1, -0.05) is 0 Å². The van der Waals surface area contributed by atoms with Crippen LogP contribution in [0.1, 0.15) is 0 Å². The maximum atomic E-state index is 10.4. The molecule has 1 rings (SSSR count). The Bertz CT molecular complexity index is 191. The van der Waals surface area contributed by atoms with Crippen LogP contribution in [0.15, 0.2) is 0 Å². The predicted molar refractivity (Wildman–Crippen MR) is 30.4 cm³/mol. The van der Waals surface area contributed by atoms with E-state index in [1.54, 1.807) is 0 Å². The van der Waals surface area contributed by atoms with Crippen molar-refractivity contribution in [3.63, 3.8) is 0 Å². The van der Waals surface area contributed by atoms with Gasteiger partial charge in [-0.3, -0.25) is 0 Å². The van der Waals surface area contributed by atoms with Crippen molar-refractivity contribution < 1.29 is 13.2 Å². The summed E-state index contributed by atoms with van der Waals surface area (Å²) in [5.74, 6) is 0. The summed E-state index contributed by atoms with van der Waals surface area (Å²) in [6.45, 7) is 0.680. The molecular formula is C3H6N2O3S. The van der Waals surface area contributed by atoms with Gasteiger partial charge in [-0.25, -0.2) is 17.5 Å². The molecule has 1 N–H and O–H groups in total. The van der Waals surface area contributed by atoms with Crippen LogP contribution in [-0.2, 0) is 10.9 Å². The SMILES string of the molecule is O=C1NCCN1[SH](=O)=O. The predicted octanol–water partition coefficient (Wildman–Crippen LogP) is -1.46. The molecule has 1 aliphatic heterocycles. The van der Waals surface area contributed by atoms with Gasteiger partial charge < -0.3 is 5.32 Å². The number of urea groups is 1. The van der Waals surface area contributed by atoms with Gasteiger partial charge in [-0.15, -0.1) is 0 Å². The van der Waals surface area contributed by atoms with Crippen molar-refractivity contribution in [1.29, 1.82) is 0 Å². The minimum absolute atomic E-state index is 0.261. The molecule has 0 bridgehead atoms. The average Bonchev–Trinajstić information content (AvgIpc) is 2.13. The van der Waals surface area contributed by atoms with Crippen LogP contribution in [0.25, 0.3) is 0 Å². The normalized spacial score (nSPS) is 18.8. The molecule has 0 aromatic heterocycles. The second kappa shape index (κ2) is 2.22. The molecule has 2 amide bonds. The van der Waals surface area contributed by atoms with E-state index in [0.717, 1.165) is 4.31 Å². The molecule has 0 spiro atoms. The van der Waals surface area contributed by atoms with E-state index in [2.05, 4.69) is 5.32 Å². The van der Waals surface area contributed by atoms with Crippen LogP contribution in [0.3, 0.4) is 0 Å². The van der Waals surface area contributed by atoms with Crippen molar-refractivity contribution in [2.75, 3.05) is 13.1 Å². The van der Waals surface area contributed by atoms with E-state index in [1.807, 2.05) is 0 Å². The fourth-order valence-corrected chi connectivity index (χ4v) is 1.10. The first-order chi connectivity index (χ1) is 4.22. The van der Waals surface area contributed by atoms with Gasteiger partial charge in [0.15, 0.2) is 0 Å². The van der Waals surface area contributed by atoms with Gasteiger partial charge in [0.1, 0.15) is 0 Å². The largest absolute Gasteiger partial charge is 0.335 e. The van der Waals surface area contributed by atoms with Crippen LogP contribution >= 0.6 is 0 Å². The van der Waals surface area contributed by atoms with E-state index in [-0.39, 0.29) is 6.54 Å². The zero-order valence-electron chi connectivity index (χ0n) is 4.53. The average molecular weight is 150 g/mol. The Morgan fingerprint density at radius 3 is 2.44 bits per heavy atom. The standard InChI is InChI=1S/C3H6N2O3S/c6-3-4-1-2-5(3)9(7)8/h9H,1-2H2,(H,4,6). The van der Waals surface area contributed by atoms with E-state index in [9.17, 15) is 13.2 Å². The Kier molecular flexibility index (Phi) is 1.56. The second-order valence-electron chi connectivity index (χ2n) is 1.59. The van der Waals surface area contributed by atoms with Gasteiger partial charge in [-0.2, -0.15) is 0 Å². The third kappa shape index (κ3) is 1.13. The third-order valence-electron chi connectivity index (χ3n) is 1.03. The summed E-state index contributed by atoms with van der Waals surface area (Å²) in [5, 5.41) is 2.35. The number of thiol groups is 1. The van der Waals surface area contributed by atoms with Gasteiger partial charge in [-0.05, 0) is 0 Å². The lowest BCUT2D eigenvalue weighted by molar-refractivity contribution is 0.236. The summed E-state index contributed by atoms with van der Waals surface area (Å²) >= 11 is 0. The molecule has 6 heteroatoms. The summed E-state index contributed by atoms with van der Waals surface area (Å²) in [5.41, 5.74) is 0. The summed E-state index contributed by atoms with van der Waals surface area (Å²) < 4.78 is 21.0.